The number of carbonyl (C=O) groups excluding carboxylic acids is 2. The van der Waals surface area contributed by atoms with E-state index < -0.39 is 11.9 Å². The molecule has 1 heterocycles. The van der Waals surface area contributed by atoms with E-state index in [0.717, 1.165) is 75.9 Å². The van der Waals surface area contributed by atoms with Gasteiger partial charge in [0.1, 0.15) is 17.3 Å². The summed E-state index contributed by atoms with van der Waals surface area (Å²) >= 11 is 0. The number of nitrogens with zero attached hydrogens (tertiary/aromatic N) is 3. The van der Waals surface area contributed by atoms with Crippen LogP contribution in [0.25, 0.3) is 23.3 Å². The molecule has 7 aromatic rings. The standard InChI is InChI=1S/C51H41N3O4/c1-3-50(55)57-47-31-27-44(28-32-47)53(37-35-38-10-6-5-7-11-38)43-25-21-42(22-26-43)41-19-15-39(16-20-41)13-14-40-17-23-45(24-18-40)54(49-12-8-9-36-52-49)46-29-33-48(34-30-46)58-51(56)4-2/h3-34,36H,1-2,35,37H2. The summed E-state index contributed by atoms with van der Waals surface area (Å²) in [6, 6.07) is 56.4. The van der Waals surface area contributed by atoms with Crippen LogP contribution >= 0.6 is 0 Å². The van der Waals surface area contributed by atoms with E-state index in [-0.39, 0.29) is 0 Å². The lowest BCUT2D eigenvalue weighted by molar-refractivity contribution is -0.129. The molecule has 0 amide bonds. The Labute approximate surface area is 339 Å². The number of hydrogen-bond donors (Lipinski definition) is 0. The van der Waals surface area contributed by atoms with Crippen LogP contribution in [0.5, 0.6) is 11.5 Å². The smallest absolute Gasteiger partial charge is 0.335 e. The van der Waals surface area contributed by atoms with Gasteiger partial charge < -0.3 is 14.4 Å². The van der Waals surface area contributed by atoms with Gasteiger partial charge in [0, 0.05) is 47.6 Å². The maximum Gasteiger partial charge on any atom is 0.335 e. The van der Waals surface area contributed by atoms with Crippen LogP contribution in [0.3, 0.4) is 0 Å². The number of ether oxygens (including phenoxy) is 2. The predicted molar refractivity (Wildman–Crippen MR) is 235 cm³/mol. The number of pyridine rings is 1. The van der Waals surface area contributed by atoms with Crippen molar-refractivity contribution in [2.24, 2.45) is 0 Å². The van der Waals surface area contributed by atoms with Crippen LogP contribution in [-0.4, -0.2) is 23.5 Å². The Kier molecular flexibility index (Phi) is 12.4. The van der Waals surface area contributed by atoms with Crippen LogP contribution in [0.2, 0.25) is 0 Å². The Morgan fingerprint density at radius 2 is 0.966 bits per heavy atom. The summed E-state index contributed by atoms with van der Waals surface area (Å²) in [5.41, 5.74) is 9.52. The zero-order chi connectivity index (χ0) is 40.1. The third-order valence-corrected chi connectivity index (χ3v) is 9.40. The maximum atomic E-state index is 11.7. The van der Waals surface area contributed by atoms with E-state index in [1.54, 1.807) is 30.5 Å². The fourth-order valence-corrected chi connectivity index (χ4v) is 6.41. The number of hydrogen-bond acceptors (Lipinski definition) is 7. The Hall–Kier alpha value is -7.77. The monoisotopic (exact) mass is 759 g/mol. The highest BCUT2D eigenvalue weighted by atomic mass is 16.5. The number of carbonyl (C=O) groups is 2. The number of aromatic nitrogens is 1. The Morgan fingerprint density at radius 1 is 0.517 bits per heavy atom. The van der Waals surface area contributed by atoms with Crippen molar-refractivity contribution in [3.05, 3.63) is 218 Å². The number of benzene rings is 6. The molecule has 0 atom stereocenters. The molecule has 6 aromatic carbocycles. The molecule has 7 heteroatoms. The number of esters is 2. The topological polar surface area (TPSA) is 72.0 Å². The Bertz CT molecular complexity index is 2480. The Balaban J connectivity index is 1.04. The van der Waals surface area contributed by atoms with Crippen LogP contribution in [0.4, 0.5) is 28.6 Å². The van der Waals surface area contributed by atoms with Gasteiger partial charge >= 0.3 is 11.9 Å². The summed E-state index contributed by atoms with van der Waals surface area (Å²) in [7, 11) is 0. The lowest BCUT2D eigenvalue weighted by Crippen LogP contribution is -2.20. The van der Waals surface area contributed by atoms with E-state index in [2.05, 4.69) is 132 Å². The lowest BCUT2D eigenvalue weighted by Gasteiger charge is -2.26. The molecule has 0 aliphatic carbocycles. The highest BCUT2D eigenvalue weighted by Gasteiger charge is 2.15. The van der Waals surface area contributed by atoms with Gasteiger partial charge in [0.2, 0.25) is 0 Å². The molecule has 0 fully saturated rings. The fourth-order valence-electron chi connectivity index (χ4n) is 6.41. The van der Waals surface area contributed by atoms with E-state index in [4.69, 9.17) is 9.47 Å². The first-order valence-corrected chi connectivity index (χ1v) is 18.9. The van der Waals surface area contributed by atoms with Crippen LogP contribution in [0.1, 0.15) is 16.7 Å². The van der Waals surface area contributed by atoms with Crippen molar-refractivity contribution in [2.75, 3.05) is 16.3 Å². The molecular weight excluding hydrogens is 719 g/mol. The summed E-state index contributed by atoms with van der Waals surface area (Å²) in [4.78, 5) is 32.3. The third-order valence-electron chi connectivity index (χ3n) is 9.40. The molecule has 0 saturated heterocycles. The van der Waals surface area contributed by atoms with Crippen molar-refractivity contribution in [1.82, 2.24) is 4.98 Å². The SMILES string of the molecule is C=CC(=O)Oc1ccc(N(CCc2ccccc2)c2ccc(-c3ccc(C=Cc4ccc(N(c5ccc(OC(=O)C=C)cc5)c5ccccn5)cc4)cc3)cc2)cc1. The third kappa shape index (κ3) is 9.90. The molecule has 0 spiro atoms. The fraction of sp³-hybridized carbons (Fsp3) is 0.0392. The molecule has 58 heavy (non-hydrogen) atoms. The zero-order valence-corrected chi connectivity index (χ0v) is 31.9. The van der Waals surface area contributed by atoms with Crippen LogP contribution in [0.15, 0.2) is 201 Å². The molecule has 7 rings (SSSR count). The minimum Gasteiger partial charge on any atom is -0.423 e. The van der Waals surface area contributed by atoms with Crippen LogP contribution in [-0.2, 0) is 16.0 Å². The minimum absolute atomic E-state index is 0.439. The number of rotatable bonds is 15. The molecule has 0 unspecified atom stereocenters. The molecule has 0 bridgehead atoms. The largest absolute Gasteiger partial charge is 0.423 e. The van der Waals surface area contributed by atoms with Gasteiger partial charge in [0.25, 0.3) is 0 Å². The minimum atomic E-state index is -0.505. The molecule has 0 aliphatic heterocycles. The van der Waals surface area contributed by atoms with Gasteiger partial charge in [-0.25, -0.2) is 14.6 Å². The van der Waals surface area contributed by atoms with Crippen molar-refractivity contribution in [3.63, 3.8) is 0 Å². The molecule has 284 valence electrons. The lowest BCUT2D eigenvalue weighted by atomic mass is 10.0. The Morgan fingerprint density at radius 3 is 1.47 bits per heavy atom. The zero-order valence-electron chi connectivity index (χ0n) is 31.9. The number of anilines is 5. The van der Waals surface area contributed by atoms with Gasteiger partial charge in [0.15, 0.2) is 0 Å². The maximum absolute atomic E-state index is 11.7. The van der Waals surface area contributed by atoms with Crippen LogP contribution in [0, 0.1) is 0 Å². The average molecular weight is 760 g/mol. The van der Waals surface area contributed by atoms with Gasteiger partial charge in [-0.05, 0) is 119 Å². The first-order chi connectivity index (χ1) is 28.4. The second-order valence-electron chi connectivity index (χ2n) is 13.2. The van der Waals surface area contributed by atoms with Gasteiger partial charge in [0.05, 0.1) is 0 Å². The van der Waals surface area contributed by atoms with Crippen molar-refractivity contribution in [2.45, 2.75) is 6.42 Å². The average Bonchev–Trinajstić information content (AvgIpc) is 3.28. The van der Waals surface area contributed by atoms with E-state index in [1.807, 2.05) is 53.4 Å². The predicted octanol–water partition coefficient (Wildman–Crippen LogP) is 12.0. The van der Waals surface area contributed by atoms with E-state index in [9.17, 15) is 9.59 Å². The van der Waals surface area contributed by atoms with Crippen LogP contribution < -0.4 is 19.3 Å². The first kappa shape index (κ1) is 38.5. The highest BCUT2D eigenvalue weighted by molar-refractivity contribution is 5.84. The van der Waals surface area contributed by atoms with Crippen molar-refractivity contribution >= 4 is 52.7 Å². The first-order valence-electron chi connectivity index (χ1n) is 18.9. The summed E-state index contributed by atoms with van der Waals surface area (Å²) in [5, 5.41) is 0. The van der Waals surface area contributed by atoms with Gasteiger partial charge in [-0.15, -0.1) is 0 Å². The van der Waals surface area contributed by atoms with Crippen molar-refractivity contribution in [1.29, 1.82) is 0 Å². The molecule has 0 N–H and O–H groups in total. The summed E-state index contributed by atoms with van der Waals surface area (Å²) in [5.74, 6) is 0.683. The second-order valence-corrected chi connectivity index (χ2v) is 13.2. The molecule has 0 radical (unpaired) electrons. The van der Waals surface area contributed by atoms with Gasteiger partial charge in [-0.1, -0.05) is 110 Å². The van der Waals surface area contributed by atoms with E-state index in [1.165, 1.54) is 5.56 Å². The summed E-state index contributed by atoms with van der Waals surface area (Å²) < 4.78 is 10.6. The second kappa shape index (κ2) is 18.7. The highest BCUT2D eigenvalue weighted by Crippen LogP contribution is 2.35. The molecule has 0 aliphatic rings. The van der Waals surface area contributed by atoms with E-state index in [0.29, 0.717) is 11.5 Å². The van der Waals surface area contributed by atoms with Crippen molar-refractivity contribution < 1.29 is 19.1 Å². The van der Waals surface area contributed by atoms with Gasteiger partial charge in [-0.3, -0.25) is 4.90 Å². The summed E-state index contributed by atoms with van der Waals surface area (Å²) in [6.07, 6.45) is 9.13. The quantitative estimate of drug-likeness (QED) is 0.0446. The summed E-state index contributed by atoms with van der Waals surface area (Å²) in [6.45, 7) is 7.71. The van der Waals surface area contributed by atoms with Crippen molar-refractivity contribution in [3.8, 4) is 22.6 Å². The van der Waals surface area contributed by atoms with Gasteiger partial charge in [-0.2, -0.15) is 0 Å². The van der Waals surface area contributed by atoms with E-state index >= 15 is 0 Å². The molecule has 1 aromatic heterocycles. The molecule has 0 saturated carbocycles. The molecule has 7 nitrogen and oxygen atoms in total. The normalized spacial score (nSPS) is 10.8. The molecular formula is C51H41N3O4.